The number of nitrogens with zero attached hydrogens (tertiary/aromatic N) is 1. The molecule has 2 aromatic carbocycles. The van der Waals surface area contributed by atoms with Crippen molar-refractivity contribution in [2.24, 2.45) is 5.92 Å². The summed E-state index contributed by atoms with van der Waals surface area (Å²) in [6.07, 6.45) is 0.358. The second kappa shape index (κ2) is 7.93. The molecule has 1 aliphatic rings. The van der Waals surface area contributed by atoms with Gasteiger partial charge < -0.3 is 10.2 Å². The molecule has 0 spiro atoms. The molecule has 2 aromatic rings. The van der Waals surface area contributed by atoms with Crippen LogP contribution in [0.15, 0.2) is 42.5 Å². The largest absolute Gasteiger partial charge is 0.478 e. The van der Waals surface area contributed by atoms with Gasteiger partial charge in [-0.2, -0.15) is 0 Å². The highest BCUT2D eigenvalue weighted by Gasteiger charge is 2.28. The fourth-order valence-corrected chi connectivity index (χ4v) is 3.43. The average Bonchev–Trinajstić information content (AvgIpc) is 2.64. The van der Waals surface area contributed by atoms with E-state index in [2.05, 4.69) is 4.90 Å². The summed E-state index contributed by atoms with van der Waals surface area (Å²) in [5.41, 5.74) is 1.30. The van der Waals surface area contributed by atoms with Gasteiger partial charge in [0.1, 0.15) is 11.6 Å². The van der Waals surface area contributed by atoms with Crippen molar-refractivity contribution < 1.29 is 23.8 Å². The Bertz CT molecular complexity index is 771. The fourth-order valence-electron chi connectivity index (χ4n) is 3.43. The molecular formula is C20H21F2NO3. The molecule has 0 amide bonds. The minimum atomic E-state index is -1.01. The van der Waals surface area contributed by atoms with Gasteiger partial charge in [0.15, 0.2) is 0 Å². The van der Waals surface area contributed by atoms with Crippen LogP contribution >= 0.6 is 0 Å². The van der Waals surface area contributed by atoms with E-state index in [9.17, 15) is 18.7 Å². The molecule has 0 radical (unpaired) electrons. The van der Waals surface area contributed by atoms with Crippen molar-refractivity contribution in [3.05, 3.63) is 70.8 Å². The molecule has 3 rings (SSSR count). The maximum Gasteiger partial charge on any atom is 0.335 e. The molecule has 1 saturated heterocycles. The average molecular weight is 361 g/mol. The normalized spacial score (nSPS) is 17.2. The molecule has 0 aliphatic carbocycles. The second-order valence-corrected chi connectivity index (χ2v) is 6.73. The molecule has 1 aliphatic heterocycles. The van der Waals surface area contributed by atoms with Crippen LogP contribution in [0.1, 0.15) is 40.4 Å². The summed E-state index contributed by atoms with van der Waals surface area (Å²) in [6, 6.07) is 9.92. The number of hydrogen-bond donors (Lipinski definition) is 2. The summed E-state index contributed by atoms with van der Waals surface area (Å²) in [7, 11) is 0. The van der Waals surface area contributed by atoms with Gasteiger partial charge in [-0.1, -0.05) is 12.1 Å². The van der Waals surface area contributed by atoms with Gasteiger partial charge in [0, 0.05) is 12.1 Å². The van der Waals surface area contributed by atoms with E-state index in [0.29, 0.717) is 19.4 Å². The first-order valence-electron chi connectivity index (χ1n) is 8.61. The predicted molar refractivity (Wildman–Crippen MR) is 92.7 cm³/mol. The van der Waals surface area contributed by atoms with Gasteiger partial charge in [-0.3, -0.25) is 4.90 Å². The van der Waals surface area contributed by atoms with Crippen LogP contribution in [0, 0.1) is 17.6 Å². The van der Waals surface area contributed by atoms with Gasteiger partial charge in [0.05, 0.1) is 11.7 Å². The number of carbonyl (C=O) groups is 1. The molecular weight excluding hydrogens is 340 g/mol. The summed E-state index contributed by atoms with van der Waals surface area (Å²) >= 11 is 0. The SMILES string of the molecule is O=C(O)c1ccc(CN2CCC(C(O)c3cc(F)ccc3F)CC2)cc1. The Balaban J connectivity index is 1.57. The van der Waals surface area contributed by atoms with E-state index in [1.807, 2.05) is 0 Å². The lowest BCUT2D eigenvalue weighted by Gasteiger charge is -2.34. The third kappa shape index (κ3) is 4.26. The number of carboxylic acids is 1. The smallest absolute Gasteiger partial charge is 0.335 e. The number of halogens is 2. The highest BCUT2D eigenvalue weighted by Crippen LogP contribution is 2.32. The number of likely N-dealkylation sites (tertiary alicyclic amines) is 1. The number of aliphatic hydroxyl groups is 1. The molecule has 0 aromatic heterocycles. The van der Waals surface area contributed by atoms with Crippen molar-refractivity contribution in [3.8, 4) is 0 Å². The van der Waals surface area contributed by atoms with Crippen LogP contribution in [0.2, 0.25) is 0 Å². The molecule has 4 nitrogen and oxygen atoms in total. The summed E-state index contributed by atoms with van der Waals surface area (Å²) in [5.74, 6) is -2.20. The Labute approximate surface area is 150 Å². The van der Waals surface area contributed by atoms with Crippen molar-refractivity contribution in [3.63, 3.8) is 0 Å². The zero-order valence-corrected chi connectivity index (χ0v) is 14.2. The van der Waals surface area contributed by atoms with Crippen molar-refractivity contribution in [2.45, 2.75) is 25.5 Å². The molecule has 1 fully saturated rings. The maximum atomic E-state index is 13.8. The number of benzene rings is 2. The zero-order valence-electron chi connectivity index (χ0n) is 14.2. The van der Waals surface area contributed by atoms with E-state index in [1.54, 1.807) is 24.3 Å². The number of carboxylic acid groups (broad SMARTS) is 1. The molecule has 26 heavy (non-hydrogen) atoms. The highest BCUT2D eigenvalue weighted by atomic mass is 19.1. The highest BCUT2D eigenvalue weighted by molar-refractivity contribution is 5.87. The zero-order chi connectivity index (χ0) is 18.7. The quantitative estimate of drug-likeness (QED) is 0.854. The van der Waals surface area contributed by atoms with Crippen LogP contribution < -0.4 is 0 Å². The Morgan fingerprint density at radius 1 is 1.12 bits per heavy atom. The van der Waals surface area contributed by atoms with E-state index >= 15 is 0 Å². The molecule has 0 saturated carbocycles. The van der Waals surface area contributed by atoms with E-state index in [4.69, 9.17) is 5.11 Å². The van der Waals surface area contributed by atoms with Crippen molar-refractivity contribution in [1.29, 1.82) is 0 Å². The van der Waals surface area contributed by atoms with Gasteiger partial charge in [0.25, 0.3) is 0 Å². The van der Waals surface area contributed by atoms with Gasteiger partial charge in [-0.05, 0) is 67.7 Å². The summed E-state index contributed by atoms with van der Waals surface area (Å²) in [4.78, 5) is 13.1. The third-order valence-corrected chi connectivity index (χ3v) is 4.96. The topological polar surface area (TPSA) is 60.8 Å². The van der Waals surface area contributed by atoms with Crippen LogP contribution in [0.3, 0.4) is 0 Å². The number of piperidine rings is 1. The van der Waals surface area contributed by atoms with Crippen LogP contribution in [-0.2, 0) is 6.54 Å². The first-order valence-corrected chi connectivity index (χ1v) is 8.61. The molecule has 1 heterocycles. The van der Waals surface area contributed by atoms with E-state index < -0.39 is 23.7 Å². The molecule has 1 unspecified atom stereocenters. The van der Waals surface area contributed by atoms with Crippen LogP contribution in [0.5, 0.6) is 0 Å². The molecule has 2 N–H and O–H groups in total. The first kappa shape index (κ1) is 18.5. The second-order valence-electron chi connectivity index (χ2n) is 6.73. The lowest BCUT2D eigenvalue weighted by Crippen LogP contribution is -2.35. The summed E-state index contributed by atoms with van der Waals surface area (Å²) in [6.45, 7) is 2.16. The van der Waals surface area contributed by atoms with E-state index in [0.717, 1.165) is 36.9 Å². The lowest BCUT2D eigenvalue weighted by molar-refractivity contribution is 0.0542. The maximum absolute atomic E-state index is 13.8. The van der Waals surface area contributed by atoms with Gasteiger partial charge in [-0.25, -0.2) is 13.6 Å². The van der Waals surface area contributed by atoms with E-state index in [-0.39, 0.29) is 17.0 Å². The standard InChI is InChI=1S/C20H21F2NO3/c21-16-5-6-18(22)17(11-16)19(24)14-7-9-23(10-8-14)12-13-1-3-15(4-2-13)20(25)26/h1-6,11,14,19,24H,7-10,12H2,(H,25,26). The van der Waals surface area contributed by atoms with Crippen LogP contribution in [0.4, 0.5) is 8.78 Å². The Morgan fingerprint density at radius 3 is 2.38 bits per heavy atom. The summed E-state index contributed by atoms with van der Waals surface area (Å²) < 4.78 is 27.2. The minimum Gasteiger partial charge on any atom is -0.478 e. The lowest BCUT2D eigenvalue weighted by atomic mass is 9.87. The summed E-state index contributed by atoms with van der Waals surface area (Å²) in [5, 5.41) is 19.4. The fraction of sp³-hybridized carbons (Fsp3) is 0.350. The monoisotopic (exact) mass is 361 g/mol. The third-order valence-electron chi connectivity index (χ3n) is 4.96. The van der Waals surface area contributed by atoms with Gasteiger partial charge >= 0.3 is 5.97 Å². The van der Waals surface area contributed by atoms with Crippen LogP contribution in [-0.4, -0.2) is 34.2 Å². The van der Waals surface area contributed by atoms with E-state index in [1.165, 1.54) is 0 Å². The predicted octanol–water partition coefficient (Wildman–Crippen LogP) is 3.61. The Morgan fingerprint density at radius 2 is 1.77 bits per heavy atom. The minimum absolute atomic E-state index is 0.0210. The number of hydrogen-bond acceptors (Lipinski definition) is 3. The van der Waals surface area contributed by atoms with Crippen molar-refractivity contribution in [1.82, 2.24) is 4.90 Å². The molecule has 6 heteroatoms. The number of aromatic carboxylic acids is 1. The molecule has 0 bridgehead atoms. The van der Waals surface area contributed by atoms with Crippen LogP contribution in [0.25, 0.3) is 0 Å². The molecule has 1 atom stereocenters. The number of aliphatic hydroxyl groups excluding tert-OH is 1. The first-order chi connectivity index (χ1) is 12.4. The molecule has 138 valence electrons. The number of rotatable bonds is 5. The van der Waals surface area contributed by atoms with Crippen molar-refractivity contribution in [2.75, 3.05) is 13.1 Å². The van der Waals surface area contributed by atoms with Gasteiger partial charge in [-0.15, -0.1) is 0 Å². The Kier molecular flexibility index (Phi) is 5.64. The van der Waals surface area contributed by atoms with Crippen molar-refractivity contribution >= 4 is 5.97 Å². The van der Waals surface area contributed by atoms with Gasteiger partial charge in [0.2, 0.25) is 0 Å². The Hall–Kier alpha value is -2.31.